The van der Waals surface area contributed by atoms with Crippen LogP contribution in [0.15, 0.2) is 301 Å². The highest BCUT2D eigenvalue weighted by atomic mass is 127. The van der Waals surface area contributed by atoms with Crippen LogP contribution in [0.1, 0.15) is 66.9 Å². The zero-order chi connectivity index (χ0) is 99.7. The Bertz CT molecular complexity index is 8060. The molecule has 37 heteroatoms. The van der Waals surface area contributed by atoms with Crippen LogP contribution in [0.2, 0.25) is 0 Å². The van der Waals surface area contributed by atoms with Crippen LogP contribution in [0.4, 0.5) is 43.8 Å². The highest BCUT2D eigenvalue weighted by molar-refractivity contribution is 14.1. The molecule has 0 radical (unpaired) electrons. The van der Waals surface area contributed by atoms with Gasteiger partial charge in [0, 0.05) is 88.1 Å². The fourth-order valence-corrected chi connectivity index (χ4v) is 19.9. The van der Waals surface area contributed by atoms with Gasteiger partial charge in [-0.15, -0.1) is 0 Å². The molecule has 0 bridgehead atoms. The fraction of sp³-hybridized carbons (Fsp3) is 0.126. The summed E-state index contributed by atoms with van der Waals surface area (Å²) in [6.07, 6.45) is 8.30. The first kappa shape index (κ1) is 98.8. The summed E-state index contributed by atoms with van der Waals surface area (Å²) in [5.74, 6) is -2.25. The second-order valence-electron chi connectivity index (χ2n) is 32.5. The van der Waals surface area contributed by atoms with Crippen molar-refractivity contribution in [3.63, 3.8) is 0 Å². The van der Waals surface area contributed by atoms with Gasteiger partial charge in [-0.25, -0.2) is 95.1 Å². The summed E-state index contributed by atoms with van der Waals surface area (Å²) in [6.45, 7) is 11.6. The van der Waals surface area contributed by atoms with Crippen molar-refractivity contribution in [2.45, 2.75) is 80.5 Å². The topological polar surface area (TPSA) is 354 Å². The number of rotatable bonds is 22. The van der Waals surface area contributed by atoms with E-state index in [9.17, 15) is 62.1 Å². The van der Waals surface area contributed by atoms with Crippen molar-refractivity contribution >= 4 is 115 Å². The number of ether oxygens (including phenoxy) is 3. The number of benzene rings is 11. The number of pyridine rings is 3. The van der Waals surface area contributed by atoms with Crippen LogP contribution >= 0.6 is 22.6 Å². The van der Waals surface area contributed by atoms with Crippen LogP contribution in [-0.2, 0) is 52.5 Å². The van der Waals surface area contributed by atoms with E-state index in [1.807, 2.05) is 105 Å². The zero-order valence-electron chi connectivity index (χ0n) is 75.7. The smallest absolute Gasteiger partial charge is 0.495 e. The molecule has 1 saturated heterocycles. The SMILES string of the molecule is COc1ccc(CN(c2ccncn2)S(=O)(=O)c2ccc3c(-c4cc(C#N)c(-c5cc(F)cc(F)c5)nc4C)cccc3c2)cc1.COc1ccc(CN(c2ccncn2)S(=O)(=O)c2ccc3c(B4OC(C)(C)C(C)(C)O4)cccc3c2)cc1.COc1nc(-c2cc(F)cc(F)c2)c(C#N)cc1I.Cc1nc(-c2cc(F)cc(F)c2)c(C#N)cc1-c1cccc2cc(S(=O)(=O)Nc3ccncn3)ccc12. The van der Waals surface area contributed by atoms with E-state index in [2.05, 4.69) is 61.7 Å². The lowest BCUT2D eigenvalue weighted by Gasteiger charge is -2.32. The first-order chi connectivity index (χ1) is 67.0. The van der Waals surface area contributed by atoms with E-state index < -0.39 is 83.3 Å². The van der Waals surface area contributed by atoms with Gasteiger partial charge in [0.25, 0.3) is 30.1 Å². The molecule has 18 rings (SSSR count). The quantitative estimate of drug-likeness (QED) is 0.0374. The number of hydrogen-bond donors (Lipinski definition) is 1. The number of nitriles is 3. The molecule has 6 aromatic heterocycles. The lowest BCUT2D eigenvalue weighted by Crippen LogP contribution is -2.41. The van der Waals surface area contributed by atoms with Gasteiger partial charge in [-0.2, -0.15) is 15.8 Å². The van der Waals surface area contributed by atoms with Gasteiger partial charge in [-0.3, -0.25) is 14.7 Å². The van der Waals surface area contributed by atoms with Crippen LogP contribution in [0.25, 0.3) is 88.3 Å². The van der Waals surface area contributed by atoms with Crippen LogP contribution in [0, 0.1) is 86.3 Å². The van der Waals surface area contributed by atoms with Gasteiger partial charge < -0.3 is 23.5 Å². The van der Waals surface area contributed by atoms with E-state index in [0.717, 1.165) is 98.3 Å². The van der Waals surface area contributed by atoms with Crippen LogP contribution < -0.4 is 33.0 Å². The maximum Gasteiger partial charge on any atom is 0.495 e. The predicted octanol–water partition coefficient (Wildman–Crippen LogP) is 20.7. The zero-order valence-corrected chi connectivity index (χ0v) is 80.4. The van der Waals surface area contributed by atoms with Gasteiger partial charge in [0.15, 0.2) is 0 Å². The van der Waals surface area contributed by atoms with Gasteiger partial charge in [-0.05, 0) is 245 Å². The molecular formula is C103H79BF6IN15O11S3. The minimum Gasteiger partial charge on any atom is -0.497 e. The number of halogens is 7. The number of methoxy groups -OCH3 is 3. The Kier molecular flexibility index (Phi) is 29.4. The second kappa shape index (κ2) is 41.7. The summed E-state index contributed by atoms with van der Waals surface area (Å²) >= 11 is 1.97. The number of anilines is 3. The van der Waals surface area contributed by atoms with Crippen molar-refractivity contribution in [3.05, 3.63) is 364 Å². The summed E-state index contributed by atoms with van der Waals surface area (Å²) in [5, 5.41) is 33.2. The molecule has 0 saturated carbocycles. The Morgan fingerprint density at radius 2 is 0.786 bits per heavy atom. The van der Waals surface area contributed by atoms with E-state index in [0.29, 0.717) is 59.8 Å². The van der Waals surface area contributed by atoms with Crippen molar-refractivity contribution < 1.29 is 75.1 Å². The molecule has 1 aliphatic rings. The summed E-state index contributed by atoms with van der Waals surface area (Å²) in [7, 11) is -7.96. The van der Waals surface area contributed by atoms with Crippen LogP contribution in [0.5, 0.6) is 17.4 Å². The van der Waals surface area contributed by atoms with Gasteiger partial charge >= 0.3 is 7.12 Å². The molecule has 17 aromatic rings. The third kappa shape index (κ3) is 21.8. The molecule has 7 heterocycles. The first-order valence-electron chi connectivity index (χ1n) is 42.4. The molecular weight excluding hydrogens is 1970 g/mol. The molecule has 26 nitrogen and oxygen atoms in total. The number of nitrogens with one attached hydrogen (secondary N) is 1. The number of hydrogen-bond acceptors (Lipinski definition) is 23. The molecule has 1 N–H and O–H groups in total. The first-order valence-corrected chi connectivity index (χ1v) is 47.9. The van der Waals surface area contributed by atoms with Crippen molar-refractivity contribution in [3.8, 4) is 91.6 Å². The minimum absolute atomic E-state index is 0.0186. The van der Waals surface area contributed by atoms with Crippen molar-refractivity contribution in [1.29, 1.82) is 15.8 Å². The molecule has 0 aliphatic carbocycles. The molecule has 702 valence electrons. The standard InChI is InChI=1S/C35H25F2N5O3S.C28H30BN3O5S.C27H17F2N5O2S.C13H7F2IN2O/c1-22-33(17-26(19-38)35(41-22)25-14-27(36)18-28(37)15-25)32-5-3-4-24-16-30(10-11-31(24)32)46(43,44)42(34-12-13-39-21-40-34)20-23-6-8-29(45-2)9-7-23;1-27(2)28(3,4)37-29(36-27)25-8-6-7-21-17-23(13-14-24(21)25)38(33,34)32(26-15-16-30-19-31-26)18-20-9-11-22(35-5)12-10-20;1-16-25(12-19(14-30)27(33-16)18-9-20(28)13-21(29)10-18)24-4-2-3-17-11-22(5-6-23(17)24)37(35,36)34-26-7-8-31-15-32-26;1-19-13-11(16)4-8(6-17)12(18-13)7-2-9(14)5-10(15)3-7/h3-18,21H,20H2,1-2H3;6-17,19H,18H2,1-5H3;2-13,15H,1H3,(H,31,32,34);2-5H,1H3. The summed E-state index contributed by atoms with van der Waals surface area (Å²) < 4.78 is 198. The number of fused-ring (bicyclic) bond motifs is 3. The third-order valence-corrected chi connectivity index (χ3v) is 28.5. The van der Waals surface area contributed by atoms with Gasteiger partial charge in [0.2, 0.25) is 5.88 Å². The number of aromatic nitrogens is 9. The van der Waals surface area contributed by atoms with Crippen LogP contribution in [-0.4, -0.2) is 110 Å². The van der Waals surface area contributed by atoms with Crippen molar-refractivity contribution in [2.24, 2.45) is 0 Å². The fourth-order valence-electron chi connectivity index (χ4n) is 15.3. The monoisotopic (exact) mass is 2050 g/mol. The maximum absolute atomic E-state index is 14.2. The van der Waals surface area contributed by atoms with Gasteiger partial charge in [-0.1, -0.05) is 97.1 Å². The molecule has 0 atom stereocenters. The van der Waals surface area contributed by atoms with Gasteiger partial charge in [0.05, 0.1) is 97.6 Å². The third-order valence-electron chi connectivity index (χ3n) is 22.9. The van der Waals surface area contributed by atoms with Gasteiger partial charge in [0.1, 0.15) is 101 Å². The molecule has 140 heavy (non-hydrogen) atoms. The molecule has 11 aromatic carbocycles. The average molecular weight is 2050 g/mol. The lowest BCUT2D eigenvalue weighted by molar-refractivity contribution is 0.00578. The Hall–Kier alpha value is -15.7. The number of aryl methyl sites for hydroxylation is 2. The molecule has 1 aliphatic heterocycles. The Balaban J connectivity index is 0.000000146. The number of nitrogens with zero attached hydrogens (tertiary/aromatic N) is 14. The molecule has 0 unspecified atom stereocenters. The Morgan fingerprint density at radius 1 is 0.414 bits per heavy atom. The number of sulfonamides is 3. The Labute approximate surface area is 815 Å². The Morgan fingerprint density at radius 3 is 1.17 bits per heavy atom. The van der Waals surface area contributed by atoms with Crippen molar-refractivity contribution in [2.75, 3.05) is 34.7 Å². The van der Waals surface area contributed by atoms with E-state index in [1.54, 1.807) is 149 Å². The summed E-state index contributed by atoms with van der Waals surface area (Å²) in [4.78, 5) is 37.5. The van der Waals surface area contributed by atoms with E-state index >= 15 is 0 Å². The molecule has 0 amide bonds. The van der Waals surface area contributed by atoms with E-state index in [-0.39, 0.29) is 95.7 Å². The summed E-state index contributed by atoms with van der Waals surface area (Å²) in [5.41, 5.74) is 6.73. The van der Waals surface area contributed by atoms with E-state index in [1.165, 1.54) is 77.6 Å². The highest BCUT2D eigenvalue weighted by Gasteiger charge is 2.52. The predicted molar refractivity (Wildman–Crippen MR) is 527 cm³/mol. The summed E-state index contributed by atoms with van der Waals surface area (Å²) in [6, 6.07) is 70.1. The maximum atomic E-state index is 14.2. The van der Waals surface area contributed by atoms with E-state index in [4.69, 9.17) is 28.8 Å². The normalized spacial score (nSPS) is 12.5. The van der Waals surface area contributed by atoms with Crippen molar-refractivity contribution in [1.82, 2.24) is 44.9 Å². The molecule has 0 spiro atoms. The second-order valence-corrected chi connectivity index (χ2v) is 39.0. The molecule has 1 fully saturated rings. The largest absolute Gasteiger partial charge is 0.497 e. The lowest BCUT2D eigenvalue weighted by atomic mass is 9.76. The average Bonchev–Trinajstić information content (AvgIpc) is 1.60. The highest BCUT2D eigenvalue weighted by Crippen LogP contribution is 2.42. The minimum atomic E-state index is -4.10. The van der Waals surface area contributed by atoms with Crippen LogP contribution in [0.3, 0.4) is 0 Å².